The quantitative estimate of drug-likeness (QED) is 0.735. The predicted molar refractivity (Wildman–Crippen MR) is 80.7 cm³/mol. The summed E-state index contributed by atoms with van der Waals surface area (Å²) in [7, 11) is 0. The van der Waals surface area contributed by atoms with Crippen molar-refractivity contribution in [2.45, 2.75) is 31.2 Å². The first-order chi connectivity index (χ1) is 10.8. The normalized spacial score (nSPS) is 31.8. The lowest BCUT2D eigenvalue weighted by Crippen LogP contribution is -2.62. The molecule has 3 heterocycles. The molecule has 1 amide bonds. The summed E-state index contributed by atoms with van der Waals surface area (Å²) in [5, 5.41) is 0. The van der Waals surface area contributed by atoms with Gasteiger partial charge in [-0.15, -0.1) is 0 Å². The number of rotatable bonds is 2. The van der Waals surface area contributed by atoms with Crippen molar-refractivity contribution < 1.29 is 4.79 Å². The molecule has 4 N–H and O–H groups in total. The van der Waals surface area contributed by atoms with Crippen LogP contribution in [-0.4, -0.2) is 32.9 Å². The number of nitrogens with zero attached hydrogens (tertiary/aromatic N) is 3. The molecule has 7 heteroatoms. The summed E-state index contributed by atoms with van der Waals surface area (Å²) in [6.07, 6.45) is 10.3. The monoisotopic (exact) mass is 300 g/mol. The van der Waals surface area contributed by atoms with Gasteiger partial charge in [0.25, 0.3) is 0 Å². The molecule has 1 aliphatic heterocycles. The van der Waals surface area contributed by atoms with E-state index in [1.165, 1.54) is 5.69 Å². The summed E-state index contributed by atoms with van der Waals surface area (Å²) in [5.41, 5.74) is 13.8. The van der Waals surface area contributed by atoms with Crippen LogP contribution in [0.15, 0.2) is 24.8 Å². The molecule has 116 valence electrons. The average Bonchev–Trinajstić information content (AvgIpc) is 2.99. The molecule has 2 aliphatic rings. The van der Waals surface area contributed by atoms with Gasteiger partial charge in [0.1, 0.15) is 0 Å². The van der Waals surface area contributed by atoms with Gasteiger partial charge in [0.15, 0.2) is 5.65 Å². The highest BCUT2D eigenvalue weighted by Crippen LogP contribution is 2.42. The number of hydrazine groups is 1. The number of hydrogen-bond acceptors (Lipinski definition) is 5. The number of aromatic nitrogens is 3. The zero-order chi connectivity index (χ0) is 15.1. The zero-order valence-corrected chi connectivity index (χ0v) is 12.3. The van der Waals surface area contributed by atoms with Crippen molar-refractivity contribution in [1.29, 1.82) is 0 Å². The van der Waals surface area contributed by atoms with Crippen LogP contribution in [0.25, 0.3) is 5.65 Å². The molecular formula is C15H20N6O. The molecule has 2 aromatic rings. The Morgan fingerprint density at radius 3 is 3.14 bits per heavy atom. The second kappa shape index (κ2) is 5.33. The SMILES string of the molecule is NCC1NNC(=O)C2CCC(c3cnc4cnccn34)CC12. The third kappa shape index (κ3) is 2.08. The van der Waals surface area contributed by atoms with Gasteiger partial charge in [0.05, 0.1) is 6.20 Å². The maximum atomic E-state index is 12.1. The summed E-state index contributed by atoms with van der Waals surface area (Å²) in [6.45, 7) is 0.533. The van der Waals surface area contributed by atoms with Gasteiger partial charge >= 0.3 is 0 Å². The predicted octanol–water partition coefficient (Wildman–Crippen LogP) is 0.191. The largest absolute Gasteiger partial charge is 0.329 e. The molecular weight excluding hydrogens is 280 g/mol. The first-order valence-electron chi connectivity index (χ1n) is 7.80. The Morgan fingerprint density at radius 1 is 1.36 bits per heavy atom. The minimum absolute atomic E-state index is 0.0758. The van der Waals surface area contributed by atoms with Gasteiger partial charge in [-0.3, -0.25) is 15.2 Å². The molecule has 0 spiro atoms. The molecule has 4 atom stereocenters. The molecule has 22 heavy (non-hydrogen) atoms. The molecule has 0 radical (unpaired) electrons. The van der Waals surface area contributed by atoms with Crippen molar-refractivity contribution in [3.63, 3.8) is 0 Å². The lowest BCUT2D eigenvalue weighted by molar-refractivity contribution is -0.133. The van der Waals surface area contributed by atoms with Gasteiger partial charge in [0, 0.05) is 48.7 Å². The van der Waals surface area contributed by atoms with Gasteiger partial charge in [-0.2, -0.15) is 0 Å². The fourth-order valence-electron chi connectivity index (χ4n) is 4.01. The van der Waals surface area contributed by atoms with Crippen LogP contribution in [0.3, 0.4) is 0 Å². The van der Waals surface area contributed by atoms with E-state index >= 15 is 0 Å². The molecule has 2 fully saturated rings. The van der Waals surface area contributed by atoms with Crippen molar-refractivity contribution in [2.24, 2.45) is 17.6 Å². The molecule has 0 aromatic carbocycles. The van der Waals surface area contributed by atoms with E-state index in [0.29, 0.717) is 12.5 Å². The standard InChI is InChI=1S/C15H20N6O/c16-6-12-11-5-9(1-2-10(11)15(22)20-19-12)13-7-18-14-8-17-3-4-21(13)14/h3-4,7-12,19H,1-2,5-6,16H2,(H,20,22). The summed E-state index contributed by atoms with van der Waals surface area (Å²) in [5.74, 6) is 0.868. The number of fused-ring (bicyclic) bond motifs is 2. The maximum Gasteiger partial charge on any atom is 0.237 e. The van der Waals surface area contributed by atoms with Crippen molar-refractivity contribution in [2.75, 3.05) is 6.54 Å². The van der Waals surface area contributed by atoms with Crippen LogP contribution in [0.4, 0.5) is 0 Å². The number of imidazole rings is 1. The third-order valence-corrected chi connectivity index (χ3v) is 5.15. The van der Waals surface area contributed by atoms with Crippen LogP contribution in [0.5, 0.6) is 0 Å². The highest BCUT2D eigenvalue weighted by molar-refractivity contribution is 5.79. The van der Waals surface area contributed by atoms with Gasteiger partial charge in [-0.25, -0.2) is 10.4 Å². The number of nitrogens with one attached hydrogen (secondary N) is 2. The van der Waals surface area contributed by atoms with E-state index in [1.54, 1.807) is 12.4 Å². The Labute approximate surface area is 128 Å². The Balaban J connectivity index is 1.63. The Bertz CT molecular complexity index is 698. The lowest BCUT2D eigenvalue weighted by atomic mass is 9.69. The topological polar surface area (TPSA) is 97.3 Å². The molecule has 7 nitrogen and oxygen atoms in total. The minimum atomic E-state index is 0.0758. The molecule has 2 aromatic heterocycles. The number of nitrogens with two attached hydrogens (primary N) is 1. The van der Waals surface area contributed by atoms with Crippen molar-refractivity contribution in [3.8, 4) is 0 Å². The van der Waals surface area contributed by atoms with Crippen molar-refractivity contribution in [3.05, 3.63) is 30.5 Å². The summed E-state index contributed by atoms with van der Waals surface area (Å²) in [4.78, 5) is 20.6. The maximum absolute atomic E-state index is 12.1. The molecule has 4 unspecified atom stereocenters. The van der Waals surface area contributed by atoms with E-state index in [2.05, 4.69) is 25.2 Å². The molecule has 1 saturated carbocycles. The Kier molecular flexibility index (Phi) is 3.31. The highest BCUT2D eigenvalue weighted by Gasteiger charge is 2.42. The molecule has 4 rings (SSSR count). The van der Waals surface area contributed by atoms with E-state index in [1.807, 2.05) is 12.4 Å². The zero-order valence-electron chi connectivity index (χ0n) is 12.3. The first-order valence-corrected chi connectivity index (χ1v) is 7.80. The van der Waals surface area contributed by atoms with E-state index in [4.69, 9.17) is 5.73 Å². The lowest BCUT2D eigenvalue weighted by Gasteiger charge is -2.43. The van der Waals surface area contributed by atoms with Gasteiger partial charge in [-0.1, -0.05) is 0 Å². The third-order valence-electron chi connectivity index (χ3n) is 5.15. The second-order valence-electron chi connectivity index (χ2n) is 6.24. The second-order valence-corrected chi connectivity index (χ2v) is 6.24. The molecule has 0 bridgehead atoms. The van der Waals surface area contributed by atoms with E-state index in [-0.39, 0.29) is 23.8 Å². The Morgan fingerprint density at radius 2 is 2.27 bits per heavy atom. The number of carbonyl (C=O) groups is 1. The number of amides is 1. The van der Waals surface area contributed by atoms with Crippen molar-refractivity contribution >= 4 is 11.6 Å². The summed E-state index contributed by atoms with van der Waals surface area (Å²) >= 11 is 0. The van der Waals surface area contributed by atoms with Crippen LogP contribution < -0.4 is 16.6 Å². The van der Waals surface area contributed by atoms with Crippen LogP contribution >= 0.6 is 0 Å². The first kappa shape index (κ1) is 13.7. The van der Waals surface area contributed by atoms with Crippen LogP contribution in [0.1, 0.15) is 30.9 Å². The van der Waals surface area contributed by atoms with E-state index < -0.39 is 0 Å². The molecule has 1 saturated heterocycles. The fourth-order valence-corrected chi connectivity index (χ4v) is 4.01. The smallest absolute Gasteiger partial charge is 0.237 e. The van der Waals surface area contributed by atoms with E-state index in [9.17, 15) is 4.79 Å². The molecule has 1 aliphatic carbocycles. The van der Waals surface area contributed by atoms with Gasteiger partial charge in [0.2, 0.25) is 5.91 Å². The van der Waals surface area contributed by atoms with Crippen LogP contribution in [-0.2, 0) is 4.79 Å². The number of carbonyl (C=O) groups excluding carboxylic acids is 1. The minimum Gasteiger partial charge on any atom is -0.329 e. The fraction of sp³-hybridized carbons (Fsp3) is 0.533. The highest BCUT2D eigenvalue weighted by atomic mass is 16.2. The van der Waals surface area contributed by atoms with Gasteiger partial charge in [-0.05, 0) is 25.2 Å². The van der Waals surface area contributed by atoms with Crippen LogP contribution in [0.2, 0.25) is 0 Å². The van der Waals surface area contributed by atoms with Crippen LogP contribution in [0, 0.1) is 11.8 Å². The number of hydrogen-bond donors (Lipinski definition) is 3. The van der Waals surface area contributed by atoms with E-state index in [0.717, 1.165) is 24.9 Å². The Hall–Kier alpha value is -1.99. The summed E-state index contributed by atoms with van der Waals surface area (Å²) in [6, 6.07) is 0.145. The van der Waals surface area contributed by atoms with Crippen molar-refractivity contribution in [1.82, 2.24) is 25.2 Å². The average molecular weight is 300 g/mol. The summed E-state index contributed by atoms with van der Waals surface area (Å²) < 4.78 is 2.10. The van der Waals surface area contributed by atoms with Gasteiger partial charge < -0.3 is 10.1 Å².